The highest BCUT2D eigenvalue weighted by Crippen LogP contribution is 2.48. The molecule has 0 N–H and O–H groups in total. The van der Waals surface area contributed by atoms with Crippen LogP contribution < -0.4 is 10.6 Å². The Hall–Kier alpha value is -1.67. The van der Waals surface area contributed by atoms with E-state index in [2.05, 4.69) is 15.9 Å². The van der Waals surface area contributed by atoms with Crippen molar-refractivity contribution in [2.75, 3.05) is 0 Å². The first kappa shape index (κ1) is 17.2. The van der Waals surface area contributed by atoms with Crippen LogP contribution >= 0.6 is 23.3 Å². The molecule has 3 rings (SSSR count). The maximum absolute atomic E-state index is 13.8. The van der Waals surface area contributed by atoms with Crippen molar-refractivity contribution < 1.29 is 9.09 Å². The highest BCUT2D eigenvalue weighted by molar-refractivity contribution is 9.10. The Morgan fingerprint density at radius 3 is 1.71 bits per heavy atom. The van der Waals surface area contributed by atoms with Gasteiger partial charge in [0.05, 0.1) is 6.10 Å². The molecule has 2 nitrogen and oxygen atoms in total. The maximum atomic E-state index is 13.8. The highest BCUT2D eigenvalue weighted by atomic mass is 79.9. The van der Waals surface area contributed by atoms with E-state index in [1.165, 1.54) is 0 Å². The first-order valence-corrected chi connectivity index (χ1v) is 10.2. The van der Waals surface area contributed by atoms with Gasteiger partial charge in [0.1, 0.15) is 0 Å². The summed E-state index contributed by atoms with van der Waals surface area (Å²) in [4.78, 5) is 0. The third kappa shape index (κ3) is 3.70. The van der Waals surface area contributed by atoms with Crippen LogP contribution in [0.4, 0.5) is 0 Å². The van der Waals surface area contributed by atoms with Crippen LogP contribution in [0, 0.1) is 0 Å². The molecular formula is C20H18BrO2P. The summed E-state index contributed by atoms with van der Waals surface area (Å²) in [6.45, 7) is 1.93. The second kappa shape index (κ2) is 7.48. The lowest BCUT2D eigenvalue weighted by molar-refractivity contribution is 0.238. The Kier molecular flexibility index (Phi) is 5.35. The van der Waals surface area contributed by atoms with Crippen LogP contribution in [0.3, 0.4) is 0 Å². The van der Waals surface area contributed by atoms with Crippen molar-refractivity contribution in [3.05, 3.63) is 95.0 Å². The monoisotopic (exact) mass is 400 g/mol. The zero-order chi connectivity index (χ0) is 17.0. The number of benzene rings is 3. The third-order valence-corrected chi connectivity index (χ3v) is 6.94. The number of rotatable bonds is 5. The van der Waals surface area contributed by atoms with Gasteiger partial charge in [0.2, 0.25) is 0 Å². The van der Waals surface area contributed by atoms with Crippen LogP contribution in [0.5, 0.6) is 0 Å². The minimum atomic E-state index is -3.17. The van der Waals surface area contributed by atoms with Gasteiger partial charge in [-0.3, -0.25) is 4.57 Å². The summed E-state index contributed by atoms with van der Waals surface area (Å²) in [7, 11) is -3.17. The summed E-state index contributed by atoms with van der Waals surface area (Å²) in [5.41, 5.74) is 0.991. The lowest BCUT2D eigenvalue weighted by Crippen LogP contribution is -2.19. The molecule has 1 atom stereocenters. The van der Waals surface area contributed by atoms with Crippen LogP contribution in [-0.4, -0.2) is 0 Å². The fraction of sp³-hybridized carbons (Fsp3) is 0.100. The molecule has 122 valence electrons. The molecule has 4 heteroatoms. The van der Waals surface area contributed by atoms with Gasteiger partial charge in [0.15, 0.2) is 0 Å². The Morgan fingerprint density at radius 1 is 0.792 bits per heavy atom. The lowest BCUT2D eigenvalue weighted by Gasteiger charge is -2.24. The topological polar surface area (TPSA) is 26.3 Å². The molecule has 0 radical (unpaired) electrons. The summed E-state index contributed by atoms with van der Waals surface area (Å²) in [5.74, 6) is 0. The van der Waals surface area contributed by atoms with Gasteiger partial charge >= 0.3 is 0 Å². The molecule has 3 aromatic rings. The second-order valence-electron chi connectivity index (χ2n) is 5.52. The maximum Gasteiger partial charge on any atom is 0.261 e. The third-order valence-electron chi connectivity index (χ3n) is 3.84. The molecule has 0 heterocycles. The van der Waals surface area contributed by atoms with E-state index in [0.717, 1.165) is 10.0 Å². The van der Waals surface area contributed by atoms with Crippen molar-refractivity contribution in [1.82, 2.24) is 0 Å². The van der Waals surface area contributed by atoms with Gasteiger partial charge in [-0.1, -0.05) is 64.5 Å². The lowest BCUT2D eigenvalue weighted by atomic mass is 10.1. The Bertz CT molecular complexity index is 789. The van der Waals surface area contributed by atoms with Gasteiger partial charge in [-0.05, 0) is 48.9 Å². The van der Waals surface area contributed by atoms with Gasteiger partial charge in [-0.15, -0.1) is 0 Å². The van der Waals surface area contributed by atoms with Crippen LogP contribution in [0.2, 0.25) is 0 Å². The largest absolute Gasteiger partial charge is 0.314 e. The zero-order valence-electron chi connectivity index (χ0n) is 13.3. The molecule has 0 spiro atoms. The van der Waals surface area contributed by atoms with E-state index in [1.54, 1.807) is 0 Å². The van der Waals surface area contributed by atoms with Gasteiger partial charge in [0, 0.05) is 15.1 Å². The molecule has 0 aromatic heterocycles. The summed E-state index contributed by atoms with van der Waals surface area (Å²) in [6, 6.07) is 26.7. The van der Waals surface area contributed by atoms with E-state index >= 15 is 0 Å². The van der Waals surface area contributed by atoms with E-state index in [4.69, 9.17) is 4.52 Å². The molecule has 0 fully saturated rings. The SMILES string of the molecule is C[C@@H](OP(=O)(c1ccccc1)c1ccccc1)c1ccc(Br)cc1. The molecule has 0 aliphatic heterocycles. The van der Waals surface area contributed by atoms with Crippen LogP contribution in [0.1, 0.15) is 18.6 Å². The molecular weight excluding hydrogens is 383 g/mol. The molecule has 24 heavy (non-hydrogen) atoms. The standard InChI is InChI=1S/C20H18BrO2P/c1-16(17-12-14-18(21)15-13-17)23-24(22,19-8-4-2-5-9-19)20-10-6-3-7-11-20/h2-16H,1H3/t16-/m1/s1. The van der Waals surface area contributed by atoms with E-state index in [-0.39, 0.29) is 6.10 Å². The average Bonchev–Trinajstić information content (AvgIpc) is 2.63. The van der Waals surface area contributed by atoms with E-state index < -0.39 is 7.37 Å². The average molecular weight is 401 g/mol. The van der Waals surface area contributed by atoms with Crippen molar-refractivity contribution in [2.45, 2.75) is 13.0 Å². The Morgan fingerprint density at radius 2 is 1.25 bits per heavy atom. The van der Waals surface area contributed by atoms with Gasteiger partial charge < -0.3 is 4.52 Å². The predicted octanol–water partition coefficient (Wildman–Crippen LogP) is 5.46. The van der Waals surface area contributed by atoms with Crippen LogP contribution in [0.25, 0.3) is 0 Å². The summed E-state index contributed by atoms with van der Waals surface area (Å²) in [6.07, 6.45) is -0.288. The second-order valence-corrected chi connectivity index (χ2v) is 8.78. The quantitative estimate of drug-likeness (QED) is 0.531. The molecule has 3 aromatic carbocycles. The molecule has 0 amide bonds. The van der Waals surface area contributed by atoms with Crippen LogP contribution in [0.15, 0.2) is 89.4 Å². The Labute approximate surface area is 151 Å². The fourth-order valence-corrected chi connectivity index (χ4v) is 5.04. The van der Waals surface area contributed by atoms with Crippen LogP contribution in [-0.2, 0) is 9.09 Å². The smallest absolute Gasteiger partial charge is 0.261 e. The van der Waals surface area contributed by atoms with Gasteiger partial charge in [-0.2, -0.15) is 0 Å². The number of hydrogen-bond donors (Lipinski definition) is 0. The first-order chi connectivity index (χ1) is 11.6. The molecule has 0 bridgehead atoms. The predicted molar refractivity (Wildman–Crippen MR) is 103 cm³/mol. The molecule has 0 aliphatic rings. The molecule has 0 saturated carbocycles. The minimum absolute atomic E-state index is 0.288. The summed E-state index contributed by atoms with van der Waals surface area (Å²) in [5, 5.41) is 1.42. The normalized spacial score (nSPS) is 12.8. The van der Waals surface area contributed by atoms with Crippen molar-refractivity contribution in [2.24, 2.45) is 0 Å². The fourth-order valence-electron chi connectivity index (χ4n) is 2.54. The van der Waals surface area contributed by atoms with E-state index in [9.17, 15) is 4.57 Å². The van der Waals surface area contributed by atoms with E-state index in [1.807, 2.05) is 91.9 Å². The number of halogens is 1. The van der Waals surface area contributed by atoms with Crippen molar-refractivity contribution in [1.29, 1.82) is 0 Å². The summed E-state index contributed by atoms with van der Waals surface area (Å²) >= 11 is 3.43. The Balaban J connectivity index is 2.00. The molecule has 0 aliphatic carbocycles. The van der Waals surface area contributed by atoms with E-state index in [0.29, 0.717) is 10.6 Å². The zero-order valence-corrected chi connectivity index (χ0v) is 15.8. The molecule has 0 unspecified atom stereocenters. The first-order valence-electron chi connectivity index (χ1n) is 7.75. The van der Waals surface area contributed by atoms with Gasteiger partial charge in [-0.25, -0.2) is 0 Å². The highest BCUT2D eigenvalue weighted by Gasteiger charge is 2.30. The van der Waals surface area contributed by atoms with Crippen molar-refractivity contribution in [3.8, 4) is 0 Å². The van der Waals surface area contributed by atoms with Crippen molar-refractivity contribution in [3.63, 3.8) is 0 Å². The minimum Gasteiger partial charge on any atom is -0.314 e. The summed E-state index contributed by atoms with van der Waals surface area (Å²) < 4.78 is 21.0. The molecule has 0 saturated heterocycles. The van der Waals surface area contributed by atoms with Crippen molar-refractivity contribution >= 4 is 33.9 Å². The number of hydrogen-bond acceptors (Lipinski definition) is 2. The van der Waals surface area contributed by atoms with Gasteiger partial charge in [0.25, 0.3) is 7.37 Å².